The average Bonchev–Trinajstić information content (AvgIpc) is 2.81. The minimum atomic E-state index is -4.45. The number of carbonyl (C=O) groups excluding carboxylic acids is 1. The molecular weight excluding hydrogens is 518 g/mol. The summed E-state index contributed by atoms with van der Waals surface area (Å²) in [6.45, 7) is -1.39. The van der Waals surface area contributed by atoms with Gasteiger partial charge in [-0.3, -0.25) is 4.79 Å². The molecule has 0 aliphatic rings. The van der Waals surface area contributed by atoms with E-state index in [0.717, 1.165) is 0 Å². The first-order chi connectivity index (χ1) is 17.5. The van der Waals surface area contributed by atoms with Gasteiger partial charge < -0.3 is 25.0 Å². The molecule has 0 aliphatic carbocycles. The second kappa shape index (κ2) is 12.7. The number of hydrogen-bond donors (Lipinski definition) is 2. The van der Waals surface area contributed by atoms with Gasteiger partial charge in [-0.1, -0.05) is 17.7 Å². The van der Waals surface area contributed by atoms with Crippen LogP contribution >= 0.6 is 11.6 Å². The summed E-state index contributed by atoms with van der Waals surface area (Å²) in [5, 5.41) is 6.14. The van der Waals surface area contributed by atoms with Crippen LogP contribution in [-0.4, -0.2) is 67.4 Å². The third-order valence-electron chi connectivity index (χ3n) is 4.67. The minimum absolute atomic E-state index is 0.0794. The Morgan fingerprint density at radius 3 is 2.65 bits per heavy atom. The maximum Gasteiger partial charge on any atom is 0.411 e. The van der Waals surface area contributed by atoms with Gasteiger partial charge in [0.2, 0.25) is 5.91 Å². The lowest BCUT2D eigenvalue weighted by Crippen LogP contribution is -2.19. The third kappa shape index (κ3) is 8.85. The fourth-order valence-corrected chi connectivity index (χ4v) is 3.24. The largest absolute Gasteiger partial charge is 0.489 e. The lowest BCUT2D eigenvalue weighted by molar-refractivity contribution is -0.175. The van der Waals surface area contributed by atoms with Crippen LogP contribution in [0.15, 0.2) is 48.8 Å². The van der Waals surface area contributed by atoms with E-state index in [-0.39, 0.29) is 29.7 Å². The normalized spacial score (nSPS) is 11.9. The van der Waals surface area contributed by atoms with E-state index in [0.29, 0.717) is 29.0 Å². The molecule has 2 aromatic carbocycles. The number of benzene rings is 2. The standard InChI is InChI=1S/C24H24ClF4N5O3/c1-34(2)7-3-4-22(35)33-20-11-16-19(12-21(20)37-9-8-36-13-24(27,28)29)30-14-31-23(16)32-15-5-6-18(26)17(25)10-15/h3-6,10-12,14H,7-9,13H2,1-2H3,(H,33,35)(H,30,31,32)/b4-3+. The summed E-state index contributed by atoms with van der Waals surface area (Å²) in [5.74, 6) is -0.512. The lowest BCUT2D eigenvalue weighted by Gasteiger charge is -2.15. The van der Waals surface area contributed by atoms with Crippen molar-refractivity contribution in [3.63, 3.8) is 0 Å². The highest BCUT2D eigenvalue weighted by Gasteiger charge is 2.27. The molecule has 3 rings (SSSR count). The van der Waals surface area contributed by atoms with Gasteiger partial charge in [-0.05, 0) is 38.4 Å². The van der Waals surface area contributed by atoms with Crippen LogP contribution in [0.3, 0.4) is 0 Å². The van der Waals surface area contributed by atoms with Crippen molar-refractivity contribution in [2.75, 3.05) is 51.1 Å². The zero-order chi connectivity index (χ0) is 27.0. The first-order valence-corrected chi connectivity index (χ1v) is 11.3. The number of halogens is 5. The van der Waals surface area contributed by atoms with Crippen LogP contribution < -0.4 is 15.4 Å². The molecule has 3 aromatic rings. The fourth-order valence-electron chi connectivity index (χ4n) is 3.05. The van der Waals surface area contributed by atoms with Gasteiger partial charge in [0.05, 0.1) is 22.8 Å². The Hall–Kier alpha value is -3.48. The molecule has 0 aliphatic heterocycles. The predicted octanol–water partition coefficient (Wildman–Crippen LogP) is 5.18. The van der Waals surface area contributed by atoms with E-state index in [1.165, 1.54) is 36.7 Å². The van der Waals surface area contributed by atoms with Crippen LogP contribution in [0.1, 0.15) is 0 Å². The molecule has 0 radical (unpaired) electrons. The van der Waals surface area contributed by atoms with Gasteiger partial charge in [0.25, 0.3) is 0 Å². The number of fused-ring (bicyclic) bond motifs is 1. The van der Waals surface area contributed by atoms with E-state index in [9.17, 15) is 22.4 Å². The predicted molar refractivity (Wildman–Crippen MR) is 133 cm³/mol. The Balaban J connectivity index is 1.88. The lowest BCUT2D eigenvalue weighted by atomic mass is 10.1. The van der Waals surface area contributed by atoms with Crippen molar-refractivity contribution in [3.8, 4) is 5.75 Å². The monoisotopic (exact) mass is 541 g/mol. The molecule has 0 saturated carbocycles. The number of alkyl halides is 3. The quantitative estimate of drug-likeness (QED) is 0.196. The number of ether oxygens (including phenoxy) is 2. The summed E-state index contributed by atoms with van der Waals surface area (Å²) >= 11 is 5.86. The molecule has 1 amide bonds. The van der Waals surface area contributed by atoms with Crippen LogP contribution in [0.5, 0.6) is 5.75 Å². The SMILES string of the molecule is CN(C)C/C=C/C(=O)Nc1cc2c(Nc3ccc(F)c(Cl)c3)ncnc2cc1OCCOCC(F)(F)F. The van der Waals surface area contributed by atoms with Gasteiger partial charge in [-0.2, -0.15) is 13.2 Å². The van der Waals surface area contributed by atoms with Gasteiger partial charge in [-0.15, -0.1) is 0 Å². The fraction of sp³-hybridized carbons (Fsp3) is 0.292. The molecule has 1 aromatic heterocycles. The summed E-state index contributed by atoms with van der Waals surface area (Å²) in [6.07, 6.45) is -0.151. The molecule has 0 fully saturated rings. The summed E-state index contributed by atoms with van der Waals surface area (Å²) in [5.41, 5.74) is 1.11. The van der Waals surface area contributed by atoms with Gasteiger partial charge >= 0.3 is 6.18 Å². The topological polar surface area (TPSA) is 88.6 Å². The van der Waals surface area contributed by atoms with Crippen molar-refractivity contribution in [1.29, 1.82) is 0 Å². The number of anilines is 3. The zero-order valence-corrected chi connectivity index (χ0v) is 20.7. The summed E-state index contributed by atoms with van der Waals surface area (Å²) in [7, 11) is 3.70. The zero-order valence-electron chi connectivity index (χ0n) is 19.9. The third-order valence-corrected chi connectivity index (χ3v) is 4.96. The Morgan fingerprint density at radius 2 is 1.95 bits per heavy atom. The molecule has 37 heavy (non-hydrogen) atoms. The number of rotatable bonds is 11. The van der Waals surface area contributed by atoms with Crippen LogP contribution in [-0.2, 0) is 9.53 Å². The molecule has 0 unspecified atom stereocenters. The second-order valence-electron chi connectivity index (χ2n) is 8.01. The number of hydrogen-bond acceptors (Lipinski definition) is 7. The highest BCUT2D eigenvalue weighted by atomic mass is 35.5. The van der Waals surface area contributed by atoms with Gasteiger partial charge in [-0.25, -0.2) is 14.4 Å². The molecule has 198 valence electrons. The molecule has 0 atom stereocenters. The summed E-state index contributed by atoms with van der Waals surface area (Å²) < 4.78 is 60.7. The average molecular weight is 542 g/mol. The Bertz CT molecular complexity index is 1270. The van der Waals surface area contributed by atoms with Gasteiger partial charge in [0.1, 0.15) is 36.9 Å². The number of carbonyl (C=O) groups is 1. The Kier molecular flexibility index (Phi) is 9.61. The van der Waals surface area contributed by atoms with E-state index in [4.69, 9.17) is 16.3 Å². The number of likely N-dealkylation sites (N-methyl/N-ethyl adjacent to an activating group) is 1. The van der Waals surface area contributed by atoms with Gasteiger partial charge in [0, 0.05) is 29.8 Å². The Labute approximate surface area is 215 Å². The molecule has 1 heterocycles. The smallest absolute Gasteiger partial charge is 0.411 e. The van der Waals surface area contributed by atoms with E-state index >= 15 is 0 Å². The molecule has 0 bridgehead atoms. The first kappa shape index (κ1) is 28.1. The molecule has 0 saturated heterocycles. The first-order valence-electron chi connectivity index (χ1n) is 10.9. The maximum atomic E-state index is 13.5. The number of nitrogens with zero attached hydrogens (tertiary/aromatic N) is 3. The van der Waals surface area contributed by atoms with Crippen LogP contribution in [0.25, 0.3) is 10.9 Å². The number of nitrogens with one attached hydrogen (secondary N) is 2. The van der Waals surface area contributed by atoms with Crippen LogP contribution in [0.2, 0.25) is 5.02 Å². The van der Waals surface area contributed by atoms with E-state index in [2.05, 4.69) is 25.3 Å². The molecule has 0 spiro atoms. The van der Waals surface area contributed by atoms with E-state index < -0.39 is 24.5 Å². The van der Waals surface area contributed by atoms with Crippen molar-refractivity contribution in [2.24, 2.45) is 0 Å². The van der Waals surface area contributed by atoms with Crippen LogP contribution in [0.4, 0.5) is 34.8 Å². The summed E-state index contributed by atoms with van der Waals surface area (Å²) in [4.78, 5) is 22.8. The highest BCUT2D eigenvalue weighted by Crippen LogP contribution is 2.34. The Morgan fingerprint density at radius 1 is 1.16 bits per heavy atom. The van der Waals surface area contributed by atoms with E-state index in [1.807, 2.05) is 19.0 Å². The molecular formula is C24H24ClF4N5O3. The highest BCUT2D eigenvalue weighted by molar-refractivity contribution is 6.31. The van der Waals surface area contributed by atoms with Crippen molar-refractivity contribution in [2.45, 2.75) is 6.18 Å². The summed E-state index contributed by atoms with van der Waals surface area (Å²) in [6, 6.07) is 7.15. The van der Waals surface area contributed by atoms with Crippen LogP contribution in [0, 0.1) is 5.82 Å². The number of aromatic nitrogens is 2. The van der Waals surface area contributed by atoms with E-state index in [1.54, 1.807) is 12.1 Å². The molecule has 8 nitrogen and oxygen atoms in total. The minimum Gasteiger partial charge on any atom is -0.489 e. The van der Waals surface area contributed by atoms with Crippen molar-refractivity contribution in [3.05, 3.63) is 59.7 Å². The number of amides is 1. The molecule has 2 N–H and O–H groups in total. The van der Waals surface area contributed by atoms with Crippen molar-refractivity contribution >= 4 is 45.6 Å². The second-order valence-corrected chi connectivity index (χ2v) is 8.42. The van der Waals surface area contributed by atoms with Crippen molar-refractivity contribution in [1.82, 2.24) is 14.9 Å². The van der Waals surface area contributed by atoms with Gasteiger partial charge in [0.15, 0.2) is 0 Å². The maximum absolute atomic E-state index is 13.5. The molecule has 13 heteroatoms. The van der Waals surface area contributed by atoms with Crippen molar-refractivity contribution < 1.29 is 31.8 Å².